The number of benzene rings is 2. The molecule has 2 aromatic carbocycles. The first-order valence-electron chi connectivity index (χ1n) is 6.72. The molecular formula is C17H16ClNO3. The van der Waals surface area contributed by atoms with Crippen molar-refractivity contribution in [2.75, 3.05) is 12.4 Å². The Hall–Kier alpha value is -2.33. The van der Waals surface area contributed by atoms with Gasteiger partial charge in [0, 0.05) is 22.0 Å². The van der Waals surface area contributed by atoms with Crippen molar-refractivity contribution in [1.82, 2.24) is 0 Å². The van der Waals surface area contributed by atoms with Gasteiger partial charge in [-0.15, -0.1) is 0 Å². The van der Waals surface area contributed by atoms with Crippen LogP contribution < -0.4 is 5.32 Å². The average molecular weight is 318 g/mol. The van der Waals surface area contributed by atoms with Crippen molar-refractivity contribution in [3.63, 3.8) is 0 Å². The molecule has 0 spiro atoms. The van der Waals surface area contributed by atoms with Crippen molar-refractivity contribution < 1.29 is 14.3 Å². The van der Waals surface area contributed by atoms with E-state index in [2.05, 4.69) is 10.1 Å². The monoisotopic (exact) mass is 317 g/mol. The van der Waals surface area contributed by atoms with E-state index in [0.717, 1.165) is 16.9 Å². The summed E-state index contributed by atoms with van der Waals surface area (Å²) in [5, 5.41) is 3.68. The summed E-state index contributed by atoms with van der Waals surface area (Å²) < 4.78 is 4.63. The molecule has 0 fully saturated rings. The number of rotatable bonds is 5. The molecular weight excluding hydrogens is 302 g/mol. The first kappa shape index (κ1) is 16.0. The average Bonchev–Trinajstić information content (AvgIpc) is 2.48. The van der Waals surface area contributed by atoms with Crippen molar-refractivity contribution in [3.8, 4) is 0 Å². The minimum Gasteiger partial charge on any atom is -0.469 e. The number of ketones is 1. The number of esters is 1. The Morgan fingerprint density at radius 3 is 2.36 bits per heavy atom. The lowest BCUT2D eigenvalue weighted by Gasteiger charge is -2.09. The zero-order valence-corrected chi connectivity index (χ0v) is 13.1. The second-order valence-corrected chi connectivity index (χ2v) is 5.30. The predicted molar refractivity (Wildman–Crippen MR) is 86.9 cm³/mol. The van der Waals surface area contributed by atoms with E-state index in [4.69, 9.17) is 11.6 Å². The zero-order chi connectivity index (χ0) is 16.1. The largest absolute Gasteiger partial charge is 0.469 e. The standard InChI is InChI=1S/C17H16ClNO3/c1-11(20)13-8-14(18)10-16(9-13)19-15-5-3-12(4-6-15)7-17(21)22-2/h3-6,8-10,19H,7H2,1-2H3. The van der Waals surface area contributed by atoms with Crippen molar-refractivity contribution in [2.45, 2.75) is 13.3 Å². The Morgan fingerprint density at radius 1 is 1.09 bits per heavy atom. The molecule has 2 aromatic rings. The molecule has 0 radical (unpaired) electrons. The quantitative estimate of drug-likeness (QED) is 0.669. The number of anilines is 2. The SMILES string of the molecule is COC(=O)Cc1ccc(Nc2cc(Cl)cc(C(C)=O)c2)cc1. The van der Waals surface area contributed by atoms with Gasteiger partial charge in [-0.3, -0.25) is 9.59 Å². The molecule has 0 saturated heterocycles. The van der Waals surface area contributed by atoms with Crippen molar-refractivity contribution in [1.29, 1.82) is 0 Å². The number of carbonyl (C=O) groups is 2. The van der Waals surface area contributed by atoms with Gasteiger partial charge in [-0.25, -0.2) is 0 Å². The van der Waals surface area contributed by atoms with E-state index < -0.39 is 0 Å². The number of hydrogen-bond acceptors (Lipinski definition) is 4. The van der Waals surface area contributed by atoms with Crippen LogP contribution >= 0.6 is 11.6 Å². The molecule has 0 amide bonds. The number of Topliss-reactive ketones (excluding diaryl/α,β-unsaturated/α-hetero) is 1. The maximum atomic E-state index is 11.4. The molecule has 0 bridgehead atoms. The predicted octanol–water partition coefficient (Wildman–Crippen LogP) is 4.00. The molecule has 22 heavy (non-hydrogen) atoms. The van der Waals surface area contributed by atoms with Crippen LogP contribution in [0.1, 0.15) is 22.8 Å². The van der Waals surface area contributed by atoms with Crippen LogP contribution in [0.5, 0.6) is 0 Å². The number of halogens is 1. The summed E-state index contributed by atoms with van der Waals surface area (Å²) in [6, 6.07) is 12.5. The third kappa shape index (κ3) is 4.33. The number of hydrogen-bond donors (Lipinski definition) is 1. The van der Waals surface area contributed by atoms with Crippen LogP contribution in [0, 0.1) is 0 Å². The molecule has 0 aliphatic heterocycles. The molecule has 0 saturated carbocycles. The molecule has 1 N–H and O–H groups in total. The summed E-state index contributed by atoms with van der Waals surface area (Å²) in [5.74, 6) is -0.319. The van der Waals surface area contributed by atoms with Crippen molar-refractivity contribution in [3.05, 3.63) is 58.6 Å². The van der Waals surface area contributed by atoms with Crippen LogP contribution in [-0.4, -0.2) is 18.9 Å². The van der Waals surface area contributed by atoms with Gasteiger partial charge in [0.15, 0.2) is 5.78 Å². The molecule has 0 heterocycles. The van der Waals surface area contributed by atoms with Crippen LogP contribution in [0.25, 0.3) is 0 Å². The van der Waals surface area contributed by atoms with Gasteiger partial charge < -0.3 is 10.1 Å². The summed E-state index contributed by atoms with van der Waals surface area (Å²) in [5.41, 5.74) is 2.99. The Balaban J connectivity index is 2.14. The Morgan fingerprint density at radius 2 is 1.77 bits per heavy atom. The summed E-state index contributed by atoms with van der Waals surface area (Å²) in [6.07, 6.45) is 0.239. The Labute approximate surface area is 134 Å². The van der Waals surface area contributed by atoms with E-state index >= 15 is 0 Å². The molecule has 2 rings (SSSR count). The molecule has 0 aromatic heterocycles. The number of methoxy groups -OCH3 is 1. The first-order chi connectivity index (χ1) is 10.5. The lowest BCUT2D eigenvalue weighted by molar-refractivity contribution is -0.139. The molecule has 0 aliphatic carbocycles. The minimum atomic E-state index is -0.276. The lowest BCUT2D eigenvalue weighted by atomic mass is 10.1. The van der Waals surface area contributed by atoms with Gasteiger partial charge in [-0.2, -0.15) is 0 Å². The minimum absolute atomic E-state index is 0.0426. The molecule has 4 nitrogen and oxygen atoms in total. The number of nitrogens with one attached hydrogen (secondary N) is 1. The van der Waals surface area contributed by atoms with E-state index in [9.17, 15) is 9.59 Å². The normalized spacial score (nSPS) is 10.1. The topological polar surface area (TPSA) is 55.4 Å². The van der Waals surface area contributed by atoms with Crippen LogP contribution in [0.15, 0.2) is 42.5 Å². The van der Waals surface area contributed by atoms with Gasteiger partial charge in [-0.1, -0.05) is 23.7 Å². The summed E-state index contributed by atoms with van der Waals surface area (Å²) >= 11 is 6.02. The van der Waals surface area contributed by atoms with Gasteiger partial charge >= 0.3 is 5.97 Å². The van der Waals surface area contributed by atoms with E-state index in [1.54, 1.807) is 18.2 Å². The van der Waals surface area contributed by atoms with Gasteiger partial charge in [0.05, 0.1) is 13.5 Å². The summed E-state index contributed by atoms with van der Waals surface area (Å²) in [4.78, 5) is 22.7. The van der Waals surface area contributed by atoms with Gasteiger partial charge in [0.25, 0.3) is 0 Å². The maximum Gasteiger partial charge on any atom is 0.309 e. The lowest BCUT2D eigenvalue weighted by Crippen LogP contribution is -2.04. The van der Waals surface area contributed by atoms with Gasteiger partial charge in [-0.05, 0) is 42.8 Å². The fourth-order valence-electron chi connectivity index (χ4n) is 1.98. The fourth-order valence-corrected chi connectivity index (χ4v) is 2.21. The molecule has 0 atom stereocenters. The molecule has 5 heteroatoms. The maximum absolute atomic E-state index is 11.4. The van der Waals surface area contributed by atoms with Crippen molar-refractivity contribution in [2.24, 2.45) is 0 Å². The number of ether oxygens (including phenoxy) is 1. The van der Waals surface area contributed by atoms with E-state index in [1.807, 2.05) is 24.3 Å². The Bertz CT molecular complexity index is 696. The van der Waals surface area contributed by atoms with E-state index in [0.29, 0.717) is 10.6 Å². The van der Waals surface area contributed by atoms with E-state index in [1.165, 1.54) is 14.0 Å². The highest BCUT2D eigenvalue weighted by Gasteiger charge is 2.05. The second-order valence-electron chi connectivity index (χ2n) is 4.86. The van der Waals surface area contributed by atoms with Gasteiger partial charge in [0.1, 0.15) is 0 Å². The third-order valence-corrected chi connectivity index (χ3v) is 3.34. The van der Waals surface area contributed by atoms with Crippen LogP contribution in [0.4, 0.5) is 11.4 Å². The fraction of sp³-hybridized carbons (Fsp3) is 0.176. The highest BCUT2D eigenvalue weighted by molar-refractivity contribution is 6.31. The highest BCUT2D eigenvalue weighted by Crippen LogP contribution is 2.23. The van der Waals surface area contributed by atoms with Crippen LogP contribution in [0.2, 0.25) is 5.02 Å². The molecule has 0 aliphatic rings. The highest BCUT2D eigenvalue weighted by atomic mass is 35.5. The number of carbonyl (C=O) groups excluding carboxylic acids is 2. The van der Waals surface area contributed by atoms with Crippen molar-refractivity contribution >= 4 is 34.7 Å². The summed E-state index contributed by atoms with van der Waals surface area (Å²) in [6.45, 7) is 1.50. The third-order valence-electron chi connectivity index (χ3n) is 3.12. The van der Waals surface area contributed by atoms with Crippen LogP contribution in [0.3, 0.4) is 0 Å². The van der Waals surface area contributed by atoms with E-state index in [-0.39, 0.29) is 18.2 Å². The molecule has 114 valence electrons. The Kier molecular flexibility index (Phi) is 5.17. The van der Waals surface area contributed by atoms with Crippen LogP contribution in [-0.2, 0) is 16.0 Å². The zero-order valence-electron chi connectivity index (χ0n) is 12.4. The van der Waals surface area contributed by atoms with Gasteiger partial charge in [0.2, 0.25) is 0 Å². The second kappa shape index (κ2) is 7.09. The smallest absolute Gasteiger partial charge is 0.309 e. The first-order valence-corrected chi connectivity index (χ1v) is 7.10. The summed E-state index contributed by atoms with van der Waals surface area (Å²) in [7, 11) is 1.37. The molecule has 0 unspecified atom stereocenters.